The van der Waals surface area contributed by atoms with Crippen LogP contribution in [0.5, 0.6) is 0 Å². The van der Waals surface area contributed by atoms with Crippen molar-refractivity contribution in [3.63, 3.8) is 0 Å². The molecule has 0 saturated carbocycles. The molecule has 4 heteroatoms. The zero-order valence-corrected chi connectivity index (χ0v) is 11.8. The molecule has 0 spiro atoms. The van der Waals surface area contributed by atoms with Gasteiger partial charge in [-0.15, -0.1) is 0 Å². The van der Waals surface area contributed by atoms with Gasteiger partial charge in [-0.1, -0.05) is 18.2 Å². The van der Waals surface area contributed by atoms with Crippen LogP contribution < -0.4 is 5.73 Å². The molecule has 2 N–H and O–H groups in total. The highest BCUT2D eigenvalue weighted by atomic mass is 16.6. The molecular weight excluding hydrogens is 240 g/mol. The quantitative estimate of drug-likeness (QED) is 0.790. The average molecular weight is 262 g/mol. The first-order valence-electron chi connectivity index (χ1n) is 6.72. The lowest BCUT2D eigenvalue weighted by molar-refractivity contribution is 0.0225. The molecule has 0 aromatic heterocycles. The maximum absolute atomic E-state index is 12.2. The van der Waals surface area contributed by atoms with Crippen molar-refractivity contribution >= 4 is 11.8 Å². The van der Waals surface area contributed by atoms with Crippen LogP contribution in [0.25, 0.3) is 0 Å². The predicted octanol–water partition coefficient (Wildman–Crippen LogP) is 3.34. The SMILES string of the molecule is CC(C)(C)OC(=O)N1CCC[C@H]1c1ccccc1N. The van der Waals surface area contributed by atoms with Crippen LogP contribution >= 0.6 is 0 Å². The molecule has 0 radical (unpaired) electrons. The molecule has 104 valence electrons. The van der Waals surface area contributed by atoms with Gasteiger partial charge in [-0.3, -0.25) is 0 Å². The Balaban J connectivity index is 2.18. The summed E-state index contributed by atoms with van der Waals surface area (Å²) in [6.45, 7) is 6.38. The minimum Gasteiger partial charge on any atom is -0.444 e. The van der Waals surface area contributed by atoms with Crippen LogP contribution in [0.2, 0.25) is 0 Å². The van der Waals surface area contributed by atoms with Crippen molar-refractivity contribution in [3.05, 3.63) is 29.8 Å². The summed E-state index contributed by atoms with van der Waals surface area (Å²) < 4.78 is 5.46. The van der Waals surface area contributed by atoms with Crippen LogP contribution in [-0.4, -0.2) is 23.1 Å². The molecule has 1 aromatic carbocycles. The molecule has 1 heterocycles. The van der Waals surface area contributed by atoms with Gasteiger partial charge in [0.25, 0.3) is 0 Å². The van der Waals surface area contributed by atoms with Gasteiger partial charge < -0.3 is 15.4 Å². The molecule has 0 aliphatic carbocycles. The Morgan fingerprint density at radius 2 is 2.05 bits per heavy atom. The van der Waals surface area contributed by atoms with Gasteiger partial charge in [-0.05, 0) is 45.2 Å². The van der Waals surface area contributed by atoms with Crippen LogP contribution in [-0.2, 0) is 4.74 Å². The number of hydrogen-bond acceptors (Lipinski definition) is 3. The van der Waals surface area contributed by atoms with Gasteiger partial charge in [0, 0.05) is 12.2 Å². The Labute approximate surface area is 114 Å². The van der Waals surface area contributed by atoms with E-state index in [2.05, 4.69) is 0 Å². The van der Waals surface area contributed by atoms with E-state index in [0.29, 0.717) is 0 Å². The van der Waals surface area contributed by atoms with E-state index in [1.54, 1.807) is 4.90 Å². The highest BCUT2D eigenvalue weighted by Crippen LogP contribution is 2.35. The molecule has 1 aromatic rings. The number of nitrogen functional groups attached to an aromatic ring is 1. The number of nitrogens with zero attached hydrogens (tertiary/aromatic N) is 1. The minimum absolute atomic E-state index is 0.0380. The predicted molar refractivity (Wildman–Crippen MR) is 75.8 cm³/mol. The first-order chi connectivity index (χ1) is 8.88. The van der Waals surface area contributed by atoms with Crippen molar-refractivity contribution in [2.45, 2.75) is 45.3 Å². The molecular formula is C15H22N2O2. The summed E-state index contributed by atoms with van der Waals surface area (Å²) in [5.41, 5.74) is 7.30. The number of ether oxygens (including phenoxy) is 1. The van der Waals surface area contributed by atoms with Crippen molar-refractivity contribution in [2.75, 3.05) is 12.3 Å². The second-order valence-electron chi connectivity index (χ2n) is 5.96. The summed E-state index contributed by atoms with van der Waals surface area (Å²) in [6.07, 6.45) is 1.67. The summed E-state index contributed by atoms with van der Waals surface area (Å²) in [6, 6.07) is 7.77. The largest absolute Gasteiger partial charge is 0.444 e. The number of hydrogen-bond donors (Lipinski definition) is 1. The van der Waals surface area contributed by atoms with Gasteiger partial charge in [0.15, 0.2) is 0 Å². The molecule has 2 rings (SSSR count). The van der Waals surface area contributed by atoms with Crippen molar-refractivity contribution in [2.24, 2.45) is 0 Å². The van der Waals surface area contributed by atoms with Crippen LogP contribution in [0.3, 0.4) is 0 Å². The third-order valence-corrected chi connectivity index (χ3v) is 3.24. The Hall–Kier alpha value is -1.71. The van der Waals surface area contributed by atoms with E-state index in [4.69, 9.17) is 10.5 Å². The number of nitrogens with two attached hydrogens (primary N) is 1. The molecule has 1 aliphatic heterocycles. The van der Waals surface area contributed by atoms with Crippen LogP contribution in [0.1, 0.15) is 45.2 Å². The van der Waals surface area contributed by atoms with Crippen LogP contribution in [0.4, 0.5) is 10.5 Å². The lowest BCUT2D eigenvalue weighted by Gasteiger charge is -2.29. The van der Waals surface area contributed by atoms with Gasteiger partial charge >= 0.3 is 6.09 Å². The minimum atomic E-state index is -0.466. The molecule has 1 aliphatic rings. The number of benzene rings is 1. The number of rotatable bonds is 1. The highest BCUT2D eigenvalue weighted by molar-refractivity contribution is 5.70. The summed E-state index contributed by atoms with van der Waals surface area (Å²) in [5.74, 6) is 0. The first-order valence-corrected chi connectivity index (χ1v) is 6.72. The summed E-state index contributed by atoms with van der Waals surface area (Å²) >= 11 is 0. The molecule has 1 saturated heterocycles. The molecule has 4 nitrogen and oxygen atoms in total. The normalized spacial score (nSPS) is 19.5. The Kier molecular flexibility index (Phi) is 3.69. The molecule has 0 unspecified atom stereocenters. The van der Waals surface area contributed by atoms with E-state index >= 15 is 0 Å². The lowest BCUT2D eigenvalue weighted by atomic mass is 10.0. The number of para-hydroxylation sites is 1. The number of anilines is 1. The van der Waals surface area contributed by atoms with E-state index < -0.39 is 5.60 Å². The zero-order valence-electron chi connectivity index (χ0n) is 11.8. The number of likely N-dealkylation sites (tertiary alicyclic amines) is 1. The second kappa shape index (κ2) is 5.11. The van der Waals surface area contributed by atoms with Gasteiger partial charge in [-0.25, -0.2) is 4.79 Å². The molecule has 1 fully saturated rings. The monoisotopic (exact) mass is 262 g/mol. The van der Waals surface area contributed by atoms with Crippen molar-refractivity contribution < 1.29 is 9.53 Å². The smallest absolute Gasteiger partial charge is 0.410 e. The van der Waals surface area contributed by atoms with E-state index in [-0.39, 0.29) is 12.1 Å². The fraction of sp³-hybridized carbons (Fsp3) is 0.533. The maximum atomic E-state index is 12.2. The fourth-order valence-electron chi connectivity index (χ4n) is 2.44. The van der Waals surface area contributed by atoms with Crippen LogP contribution in [0.15, 0.2) is 24.3 Å². The third-order valence-electron chi connectivity index (χ3n) is 3.24. The number of carbonyl (C=O) groups is 1. The van der Waals surface area contributed by atoms with E-state index in [1.807, 2.05) is 45.0 Å². The van der Waals surface area contributed by atoms with E-state index in [1.165, 1.54) is 0 Å². The van der Waals surface area contributed by atoms with Gasteiger partial charge in [-0.2, -0.15) is 0 Å². The number of amides is 1. The van der Waals surface area contributed by atoms with Gasteiger partial charge in [0.1, 0.15) is 5.60 Å². The Bertz CT molecular complexity index is 465. The number of carbonyl (C=O) groups excluding carboxylic acids is 1. The second-order valence-corrected chi connectivity index (χ2v) is 5.96. The lowest BCUT2D eigenvalue weighted by Crippen LogP contribution is -2.36. The Morgan fingerprint density at radius 1 is 1.37 bits per heavy atom. The molecule has 1 atom stereocenters. The average Bonchev–Trinajstić information content (AvgIpc) is 2.76. The summed E-state index contributed by atoms with van der Waals surface area (Å²) in [4.78, 5) is 14.0. The van der Waals surface area contributed by atoms with Gasteiger partial charge in [0.2, 0.25) is 0 Å². The molecule has 19 heavy (non-hydrogen) atoms. The first kappa shape index (κ1) is 13.7. The Morgan fingerprint density at radius 3 is 2.68 bits per heavy atom. The highest BCUT2D eigenvalue weighted by Gasteiger charge is 2.33. The summed E-state index contributed by atoms with van der Waals surface area (Å²) in [7, 11) is 0. The van der Waals surface area contributed by atoms with E-state index in [9.17, 15) is 4.79 Å². The molecule has 1 amide bonds. The topological polar surface area (TPSA) is 55.6 Å². The third kappa shape index (κ3) is 3.19. The van der Waals surface area contributed by atoms with E-state index in [0.717, 1.165) is 30.6 Å². The van der Waals surface area contributed by atoms with Gasteiger partial charge in [0.05, 0.1) is 6.04 Å². The maximum Gasteiger partial charge on any atom is 0.410 e. The summed E-state index contributed by atoms with van der Waals surface area (Å²) in [5, 5.41) is 0. The fourth-order valence-corrected chi connectivity index (χ4v) is 2.44. The van der Waals surface area contributed by atoms with Crippen molar-refractivity contribution in [1.82, 2.24) is 4.90 Å². The molecule has 0 bridgehead atoms. The standard InChI is InChI=1S/C15H22N2O2/c1-15(2,3)19-14(18)17-10-6-9-13(17)11-7-4-5-8-12(11)16/h4-5,7-8,13H,6,9-10,16H2,1-3H3/t13-/m0/s1. The zero-order chi connectivity index (χ0) is 14.0. The van der Waals surface area contributed by atoms with Crippen molar-refractivity contribution in [1.29, 1.82) is 0 Å². The van der Waals surface area contributed by atoms with Crippen LogP contribution in [0, 0.1) is 0 Å². The van der Waals surface area contributed by atoms with Crippen molar-refractivity contribution in [3.8, 4) is 0 Å².